The van der Waals surface area contributed by atoms with Crippen LogP contribution in [0.15, 0.2) is 35.5 Å². The summed E-state index contributed by atoms with van der Waals surface area (Å²) in [6, 6.07) is 10.6. The average molecular weight is 316 g/mol. The Morgan fingerprint density at radius 3 is 2.91 bits per heavy atom. The summed E-state index contributed by atoms with van der Waals surface area (Å²) in [6.45, 7) is 4.24. The Balaban J connectivity index is 1.29. The van der Waals surface area contributed by atoms with Crippen LogP contribution >= 0.6 is 0 Å². The van der Waals surface area contributed by atoms with Gasteiger partial charge in [0.15, 0.2) is 6.29 Å². The van der Waals surface area contributed by atoms with E-state index in [4.69, 9.17) is 14.3 Å². The molecule has 0 amide bonds. The van der Waals surface area contributed by atoms with Crippen molar-refractivity contribution in [3.63, 3.8) is 0 Å². The summed E-state index contributed by atoms with van der Waals surface area (Å²) < 4.78 is 11.5. The number of ether oxygens (including phenoxy) is 2. The molecule has 5 heteroatoms. The molecule has 3 aliphatic heterocycles. The Morgan fingerprint density at radius 2 is 2.09 bits per heavy atom. The molecular formula is C18H24N2O3. The van der Waals surface area contributed by atoms with E-state index in [1.807, 2.05) is 0 Å². The maximum Gasteiger partial charge on any atom is 0.158 e. The van der Waals surface area contributed by atoms with Gasteiger partial charge in [-0.2, -0.15) is 0 Å². The van der Waals surface area contributed by atoms with Crippen molar-refractivity contribution < 1.29 is 14.3 Å². The molecule has 1 aromatic rings. The third kappa shape index (κ3) is 3.57. The van der Waals surface area contributed by atoms with Gasteiger partial charge in [-0.15, -0.1) is 0 Å². The fourth-order valence-electron chi connectivity index (χ4n) is 3.61. The molecule has 3 heterocycles. The lowest BCUT2D eigenvalue weighted by Gasteiger charge is -2.23. The summed E-state index contributed by atoms with van der Waals surface area (Å²) in [5, 5.41) is 4.26. The molecule has 3 unspecified atom stereocenters. The van der Waals surface area contributed by atoms with Crippen LogP contribution in [-0.2, 0) is 20.9 Å². The predicted octanol–water partition coefficient (Wildman–Crippen LogP) is 2.42. The van der Waals surface area contributed by atoms with Crippen LogP contribution in [0.4, 0.5) is 0 Å². The van der Waals surface area contributed by atoms with Gasteiger partial charge < -0.3 is 14.3 Å². The van der Waals surface area contributed by atoms with E-state index in [-0.39, 0.29) is 12.4 Å². The largest absolute Gasteiger partial charge is 0.390 e. The zero-order valence-electron chi connectivity index (χ0n) is 13.4. The van der Waals surface area contributed by atoms with Crippen molar-refractivity contribution in [2.24, 2.45) is 11.1 Å². The van der Waals surface area contributed by atoms with E-state index >= 15 is 0 Å². The van der Waals surface area contributed by atoms with E-state index in [2.05, 4.69) is 40.4 Å². The van der Waals surface area contributed by atoms with Gasteiger partial charge in [-0.1, -0.05) is 35.5 Å². The van der Waals surface area contributed by atoms with Crippen LogP contribution in [0.2, 0.25) is 0 Å². The van der Waals surface area contributed by atoms with E-state index in [1.54, 1.807) is 0 Å². The highest BCUT2D eigenvalue weighted by Crippen LogP contribution is 2.28. The summed E-state index contributed by atoms with van der Waals surface area (Å²) in [6.07, 6.45) is 3.44. The van der Waals surface area contributed by atoms with Crippen LogP contribution in [0.5, 0.6) is 0 Å². The van der Waals surface area contributed by atoms with Gasteiger partial charge in [-0.3, -0.25) is 4.90 Å². The molecule has 124 valence electrons. The van der Waals surface area contributed by atoms with Crippen LogP contribution in [0.1, 0.15) is 24.8 Å². The van der Waals surface area contributed by atoms with Crippen LogP contribution in [0.25, 0.3) is 0 Å². The summed E-state index contributed by atoms with van der Waals surface area (Å²) in [5.74, 6) is 0.363. The van der Waals surface area contributed by atoms with Crippen LogP contribution in [0, 0.1) is 5.92 Å². The maximum absolute atomic E-state index is 5.88. The molecule has 2 fully saturated rings. The van der Waals surface area contributed by atoms with Gasteiger partial charge in [-0.25, -0.2) is 0 Å². The topological polar surface area (TPSA) is 43.3 Å². The molecule has 0 N–H and O–H groups in total. The Labute approximate surface area is 137 Å². The normalized spacial score (nSPS) is 30.8. The molecule has 5 nitrogen and oxygen atoms in total. The zero-order chi connectivity index (χ0) is 15.5. The highest BCUT2D eigenvalue weighted by Gasteiger charge is 2.42. The fourth-order valence-corrected chi connectivity index (χ4v) is 3.61. The first-order chi connectivity index (χ1) is 11.4. The van der Waals surface area contributed by atoms with Crippen molar-refractivity contribution in [2.45, 2.75) is 38.2 Å². The average Bonchev–Trinajstić information content (AvgIpc) is 3.15. The highest BCUT2D eigenvalue weighted by molar-refractivity contribution is 5.89. The number of benzene rings is 1. The summed E-state index contributed by atoms with van der Waals surface area (Å²) in [5.41, 5.74) is 2.39. The monoisotopic (exact) mass is 316 g/mol. The number of likely N-dealkylation sites (tertiary alicyclic amines) is 1. The predicted molar refractivity (Wildman–Crippen MR) is 87.1 cm³/mol. The number of fused-ring (bicyclic) bond motifs is 1. The Bertz CT molecular complexity index is 542. The standard InChI is InChI=1S/C18H24N2O3/c1-2-6-14(7-3-1)10-20-11-15-16(19-23-17(15)12-20)13-22-18-8-4-5-9-21-18/h1-3,6-7,15,17-18H,4-5,8-13H2. The molecule has 0 saturated carbocycles. The van der Waals surface area contributed by atoms with Crippen molar-refractivity contribution in [3.05, 3.63) is 35.9 Å². The van der Waals surface area contributed by atoms with Gasteiger partial charge in [0.1, 0.15) is 6.10 Å². The number of hydrogen-bond donors (Lipinski definition) is 0. The van der Waals surface area contributed by atoms with E-state index in [1.165, 1.54) is 12.0 Å². The van der Waals surface area contributed by atoms with Crippen molar-refractivity contribution in [1.82, 2.24) is 4.90 Å². The molecule has 0 bridgehead atoms. The minimum Gasteiger partial charge on any atom is -0.390 e. The highest BCUT2D eigenvalue weighted by atomic mass is 16.7. The number of oxime groups is 1. The molecule has 4 rings (SSSR count). The Hall–Kier alpha value is -1.43. The molecular weight excluding hydrogens is 292 g/mol. The molecule has 3 aliphatic rings. The number of rotatable bonds is 5. The van der Waals surface area contributed by atoms with Gasteiger partial charge in [-0.05, 0) is 24.8 Å². The number of hydrogen-bond acceptors (Lipinski definition) is 5. The van der Waals surface area contributed by atoms with Gasteiger partial charge in [0, 0.05) is 26.2 Å². The fraction of sp³-hybridized carbons (Fsp3) is 0.611. The maximum atomic E-state index is 5.88. The second-order valence-corrected chi connectivity index (χ2v) is 6.62. The van der Waals surface area contributed by atoms with Gasteiger partial charge in [0.2, 0.25) is 0 Å². The van der Waals surface area contributed by atoms with Crippen LogP contribution in [-0.4, -0.2) is 49.3 Å². The molecule has 1 aromatic carbocycles. The Morgan fingerprint density at radius 1 is 1.17 bits per heavy atom. The van der Waals surface area contributed by atoms with Gasteiger partial charge in [0.05, 0.1) is 18.2 Å². The van der Waals surface area contributed by atoms with Crippen molar-refractivity contribution >= 4 is 5.71 Å². The first-order valence-corrected chi connectivity index (χ1v) is 8.60. The van der Waals surface area contributed by atoms with E-state index in [0.29, 0.717) is 12.5 Å². The lowest BCUT2D eigenvalue weighted by atomic mass is 10.0. The molecule has 0 spiro atoms. The smallest absolute Gasteiger partial charge is 0.158 e. The summed E-state index contributed by atoms with van der Waals surface area (Å²) in [4.78, 5) is 8.06. The Kier molecular flexibility index (Phi) is 4.60. The minimum atomic E-state index is -0.0627. The molecule has 3 atom stereocenters. The van der Waals surface area contributed by atoms with Gasteiger partial charge in [0.25, 0.3) is 0 Å². The van der Waals surface area contributed by atoms with Gasteiger partial charge >= 0.3 is 0 Å². The molecule has 0 aromatic heterocycles. The third-order valence-electron chi connectivity index (χ3n) is 4.88. The molecule has 23 heavy (non-hydrogen) atoms. The lowest BCUT2D eigenvalue weighted by molar-refractivity contribution is -0.153. The quantitative estimate of drug-likeness (QED) is 0.837. The minimum absolute atomic E-state index is 0.0627. The lowest BCUT2D eigenvalue weighted by Crippen LogP contribution is -2.29. The first kappa shape index (κ1) is 15.1. The first-order valence-electron chi connectivity index (χ1n) is 8.60. The second kappa shape index (κ2) is 6.99. The molecule has 0 radical (unpaired) electrons. The van der Waals surface area contributed by atoms with E-state index in [9.17, 15) is 0 Å². The third-order valence-corrected chi connectivity index (χ3v) is 4.88. The van der Waals surface area contributed by atoms with Crippen LogP contribution < -0.4 is 0 Å². The zero-order valence-corrected chi connectivity index (χ0v) is 13.4. The second-order valence-electron chi connectivity index (χ2n) is 6.62. The van der Waals surface area contributed by atoms with Crippen molar-refractivity contribution in [2.75, 3.05) is 26.3 Å². The summed E-state index contributed by atoms with van der Waals surface area (Å²) >= 11 is 0. The number of nitrogens with zero attached hydrogens (tertiary/aromatic N) is 2. The molecule has 2 saturated heterocycles. The SMILES string of the molecule is c1ccc(CN2CC3ON=C(COC4CCCCO4)C3C2)cc1. The van der Waals surface area contributed by atoms with Crippen molar-refractivity contribution in [3.8, 4) is 0 Å². The van der Waals surface area contributed by atoms with Crippen molar-refractivity contribution in [1.29, 1.82) is 0 Å². The van der Waals surface area contributed by atoms with Crippen LogP contribution in [0.3, 0.4) is 0 Å². The van der Waals surface area contributed by atoms with E-state index < -0.39 is 0 Å². The summed E-state index contributed by atoms with van der Waals surface area (Å²) in [7, 11) is 0. The molecule has 0 aliphatic carbocycles. The van der Waals surface area contributed by atoms with E-state index in [0.717, 1.165) is 44.8 Å².